The van der Waals surface area contributed by atoms with Crippen LogP contribution in [0.3, 0.4) is 0 Å². The highest BCUT2D eigenvalue weighted by Gasteiger charge is 2.32. The van der Waals surface area contributed by atoms with Crippen LogP contribution in [0.5, 0.6) is 0 Å². The summed E-state index contributed by atoms with van der Waals surface area (Å²) in [6.07, 6.45) is 20.6. The zero-order chi connectivity index (χ0) is 20.0. The largest absolute Gasteiger partial charge is 0.377 e. The van der Waals surface area contributed by atoms with Gasteiger partial charge in [0.1, 0.15) is 0 Å². The second kappa shape index (κ2) is 12.9. The molecule has 0 saturated carbocycles. The molecule has 0 aromatic heterocycles. The van der Waals surface area contributed by atoms with E-state index in [1.165, 1.54) is 0 Å². The zero-order valence-corrected chi connectivity index (χ0v) is 17.2. The van der Waals surface area contributed by atoms with Gasteiger partial charge in [-0.15, -0.1) is 13.2 Å². The van der Waals surface area contributed by atoms with Crippen LogP contribution >= 0.6 is 0 Å². The van der Waals surface area contributed by atoms with Crippen molar-refractivity contribution in [1.29, 1.82) is 0 Å². The van der Waals surface area contributed by atoms with Gasteiger partial charge in [0.25, 0.3) is 0 Å². The lowest BCUT2D eigenvalue weighted by Gasteiger charge is -2.28. The number of rotatable bonds is 16. The van der Waals surface area contributed by atoms with E-state index in [2.05, 4.69) is 37.5 Å². The summed E-state index contributed by atoms with van der Waals surface area (Å²) in [7, 11) is 0. The highest BCUT2D eigenvalue weighted by Crippen LogP contribution is 2.34. The maximum Gasteiger partial charge on any atom is 0.0648 e. The molecule has 0 N–H and O–H groups in total. The van der Waals surface area contributed by atoms with Crippen LogP contribution in [0.25, 0.3) is 0 Å². The SMILES string of the molecule is C=CCOCC1(COC/C=C/COCC2(COCC=C)CC=CC2)CC=CC1. The minimum absolute atomic E-state index is 0.0840. The van der Waals surface area contributed by atoms with E-state index in [-0.39, 0.29) is 10.8 Å². The van der Waals surface area contributed by atoms with Crippen molar-refractivity contribution in [2.75, 3.05) is 52.9 Å². The predicted molar refractivity (Wildman–Crippen MR) is 114 cm³/mol. The highest BCUT2D eigenvalue weighted by atomic mass is 16.5. The first-order valence-corrected chi connectivity index (χ1v) is 10.2. The van der Waals surface area contributed by atoms with Crippen molar-refractivity contribution in [2.24, 2.45) is 10.8 Å². The van der Waals surface area contributed by atoms with E-state index >= 15 is 0 Å². The Balaban J connectivity index is 1.59. The molecule has 0 heterocycles. The number of hydrogen-bond donors (Lipinski definition) is 0. The molecule has 0 radical (unpaired) electrons. The van der Waals surface area contributed by atoms with Gasteiger partial charge in [-0.2, -0.15) is 0 Å². The molecule has 0 aromatic carbocycles. The Bertz CT molecular complexity index is 483. The third-order valence-corrected chi connectivity index (χ3v) is 5.24. The standard InChI is InChI=1S/C24H36O4/c1-3-15-25-19-23(11-5-6-12-23)21-27-17-9-10-18-28-22-24(13-7-8-14-24)20-26-16-4-2/h3-10H,1-2,11-22H2/b10-9+. The fourth-order valence-corrected chi connectivity index (χ4v) is 3.60. The van der Waals surface area contributed by atoms with Gasteiger partial charge in [0.15, 0.2) is 0 Å². The lowest BCUT2D eigenvalue weighted by atomic mass is 9.87. The van der Waals surface area contributed by atoms with Crippen molar-refractivity contribution < 1.29 is 18.9 Å². The monoisotopic (exact) mass is 388 g/mol. The summed E-state index contributed by atoms with van der Waals surface area (Å²) < 4.78 is 23.1. The molecule has 4 heteroatoms. The van der Waals surface area contributed by atoms with Gasteiger partial charge in [-0.25, -0.2) is 0 Å². The van der Waals surface area contributed by atoms with E-state index in [0.29, 0.717) is 52.9 Å². The molecule has 4 nitrogen and oxygen atoms in total. The molecule has 0 aliphatic heterocycles. The van der Waals surface area contributed by atoms with Crippen LogP contribution in [0.15, 0.2) is 61.8 Å². The summed E-state index contributed by atoms with van der Waals surface area (Å²) in [5.74, 6) is 0. The van der Waals surface area contributed by atoms with Gasteiger partial charge in [-0.05, 0) is 25.7 Å². The maximum atomic E-state index is 5.89. The predicted octanol–water partition coefficient (Wildman–Crippen LogP) is 4.65. The Kier molecular flexibility index (Phi) is 10.5. The highest BCUT2D eigenvalue weighted by molar-refractivity contribution is 5.04. The second-order valence-electron chi connectivity index (χ2n) is 7.87. The zero-order valence-electron chi connectivity index (χ0n) is 17.2. The molecule has 28 heavy (non-hydrogen) atoms. The van der Waals surface area contributed by atoms with E-state index in [0.717, 1.165) is 25.7 Å². The van der Waals surface area contributed by atoms with Crippen LogP contribution in [0.4, 0.5) is 0 Å². The van der Waals surface area contributed by atoms with Crippen LogP contribution in [0.2, 0.25) is 0 Å². The topological polar surface area (TPSA) is 36.9 Å². The third kappa shape index (κ3) is 7.88. The lowest BCUT2D eigenvalue weighted by Crippen LogP contribution is -2.30. The Morgan fingerprint density at radius 3 is 1.21 bits per heavy atom. The molecule has 0 bridgehead atoms. The lowest BCUT2D eigenvalue weighted by molar-refractivity contribution is -0.00399. The Morgan fingerprint density at radius 2 is 0.893 bits per heavy atom. The first kappa shape index (κ1) is 22.8. The van der Waals surface area contributed by atoms with Crippen molar-refractivity contribution >= 4 is 0 Å². The maximum absolute atomic E-state index is 5.89. The molecular weight excluding hydrogens is 352 g/mol. The van der Waals surface area contributed by atoms with E-state index in [1.54, 1.807) is 12.2 Å². The van der Waals surface area contributed by atoms with Crippen LogP contribution in [0.1, 0.15) is 25.7 Å². The van der Waals surface area contributed by atoms with Gasteiger partial charge in [-0.3, -0.25) is 0 Å². The van der Waals surface area contributed by atoms with Crippen molar-refractivity contribution in [3.8, 4) is 0 Å². The molecule has 2 aliphatic rings. The second-order valence-corrected chi connectivity index (χ2v) is 7.87. The average molecular weight is 389 g/mol. The summed E-state index contributed by atoms with van der Waals surface area (Å²) in [4.78, 5) is 0. The average Bonchev–Trinajstić information content (AvgIpc) is 3.35. The Labute approximate surface area is 170 Å². The quantitative estimate of drug-likeness (QED) is 0.285. The molecule has 156 valence electrons. The summed E-state index contributed by atoms with van der Waals surface area (Å²) >= 11 is 0. The first-order valence-electron chi connectivity index (χ1n) is 10.2. The first-order chi connectivity index (χ1) is 13.7. The van der Waals surface area contributed by atoms with Crippen molar-refractivity contribution in [1.82, 2.24) is 0 Å². The molecule has 2 aliphatic carbocycles. The van der Waals surface area contributed by atoms with Crippen LogP contribution in [-0.4, -0.2) is 52.9 Å². The van der Waals surface area contributed by atoms with Gasteiger partial charge in [0, 0.05) is 10.8 Å². The number of allylic oxidation sites excluding steroid dienone is 4. The third-order valence-electron chi connectivity index (χ3n) is 5.24. The molecule has 0 aromatic rings. The van der Waals surface area contributed by atoms with Gasteiger partial charge in [0.05, 0.1) is 52.9 Å². The molecular formula is C24H36O4. The molecule has 0 atom stereocenters. The van der Waals surface area contributed by atoms with Crippen molar-refractivity contribution in [3.05, 3.63) is 61.8 Å². The van der Waals surface area contributed by atoms with Gasteiger partial charge < -0.3 is 18.9 Å². The Hall–Kier alpha value is -1.46. The number of hydrogen-bond acceptors (Lipinski definition) is 4. The number of ether oxygens (including phenoxy) is 4. The van der Waals surface area contributed by atoms with Crippen LogP contribution < -0.4 is 0 Å². The molecule has 2 rings (SSSR count). The van der Waals surface area contributed by atoms with Gasteiger partial charge >= 0.3 is 0 Å². The smallest absolute Gasteiger partial charge is 0.0648 e. The van der Waals surface area contributed by atoms with Crippen LogP contribution in [-0.2, 0) is 18.9 Å². The molecule has 0 spiro atoms. The molecule has 0 fully saturated rings. The molecule has 0 saturated heterocycles. The van der Waals surface area contributed by atoms with E-state index in [1.807, 2.05) is 12.2 Å². The summed E-state index contributed by atoms with van der Waals surface area (Å²) in [5.41, 5.74) is 0.168. The van der Waals surface area contributed by atoms with Crippen LogP contribution in [0, 0.1) is 10.8 Å². The normalized spacial score (nSPS) is 19.6. The fraction of sp³-hybridized carbons (Fsp3) is 0.583. The summed E-state index contributed by atoms with van der Waals surface area (Å²) in [6.45, 7) is 12.6. The van der Waals surface area contributed by atoms with E-state index in [9.17, 15) is 0 Å². The van der Waals surface area contributed by atoms with Gasteiger partial charge in [-0.1, -0.05) is 48.6 Å². The summed E-state index contributed by atoms with van der Waals surface area (Å²) in [5, 5.41) is 0. The minimum atomic E-state index is 0.0840. The molecule has 0 amide bonds. The van der Waals surface area contributed by atoms with Crippen molar-refractivity contribution in [2.45, 2.75) is 25.7 Å². The Morgan fingerprint density at radius 1 is 0.571 bits per heavy atom. The van der Waals surface area contributed by atoms with E-state index in [4.69, 9.17) is 18.9 Å². The fourth-order valence-electron chi connectivity index (χ4n) is 3.60. The van der Waals surface area contributed by atoms with Gasteiger partial charge in [0.2, 0.25) is 0 Å². The van der Waals surface area contributed by atoms with Crippen molar-refractivity contribution in [3.63, 3.8) is 0 Å². The van der Waals surface area contributed by atoms with E-state index < -0.39 is 0 Å². The summed E-state index contributed by atoms with van der Waals surface area (Å²) in [6, 6.07) is 0. The minimum Gasteiger partial charge on any atom is -0.377 e. The molecule has 0 unspecified atom stereocenters.